The summed E-state index contributed by atoms with van der Waals surface area (Å²) in [6.07, 6.45) is 0. The van der Waals surface area contributed by atoms with Gasteiger partial charge in [0.2, 0.25) is 0 Å². The summed E-state index contributed by atoms with van der Waals surface area (Å²) in [7, 11) is 0. The number of benzene rings is 1. The van der Waals surface area contributed by atoms with Crippen LogP contribution in [0.3, 0.4) is 0 Å². The lowest BCUT2D eigenvalue weighted by Crippen LogP contribution is -2.37. The molecule has 84 valence electrons. The van der Waals surface area contributed by atoms with Gasteiger partial charge < -0.3 is 10.5 Å². The molecule has 0 amide bonds. The molecule has 1 aromatic rings. The van der Waals surface area contributed by atoms with Crippen LogP contribution in [0.15, 0.2) is 22.7 Å². The van der Waals surface area contributed by atoms with E-state index in [0.29, 0.717) is 12.2 Å². The largest absolute Gasteiger partial charge is 0.375 e. The van der Waals surface area contributed by atoms with Gasteiger partial charge in [0.1, 0.15) is 5.82 Å². The lowest BCUT2D eigenvalue weighted by molar-refractivity contribution is 0.0832. The summed E-state index contributed by atoms with van der Waals surface area (Å²) in [6.45, 7) is 4.37. The molecule has 0 radical (unpaired) electrons. The Balaban J connectivity index is 2.54. The van der Waals surface area contributed by atoms with Gasteiger partial charge in [-0.1, -0.05) is 15.9 Å². The van der Waals surface area contributed by atoms with Gasteiger partial charge in [0.15, 0.2) is 0 Å². The van der Waals surface area contributed by atoms with Crippen molar-refractivity contribution in [2.45, 2.75) is 26.0 Å². The first kappa shape index (κ1) is 12.6. The third-order valence-corrected chi connectivity index (χ3v) is 2.23. The van der Waals surface area contributed by atoms with Crippen molar-refractivity contribution in [2.75, 3.05) is 6.61 Å². The molecule has 0 atom stereocenters. The highest BCUT2D eigenvalue weighted by Crippen LogP contribution is 2.16. The highest BCUT2D eigenvalue weighted by Gasteiger charge is 2.11. The van der Waals surface area contributed by atoms with Gasteiger partial charge in [-0.3, -0.25) is 0 Å². The summed E-state index contributed by atoms with van der Waals surface area (Å²) in [5.74, 6) is -0.256. The second kappa shape index (κ2) is 5.05. The monoisotopic (exact) mass is 275 g/mol. The molecule has 0 aliphatic rings. The van der Waals surface area contributed by atoms with Crippen molar-refractivity contribution < 1.29 is 9.13 Å². The minimum absolute atomic E-state index is 0.242. The van der Waals surface area contributed by atoms with Crippen LogP contribution in [-0.2, 0) is 11.3 Å². The van der Waals surface area contributed by atoms with Gasteiger partial charge in [0, 0.05) is 15.6 Å². The van der Waals surface area contributed by atoms with E-state index in [1.165, 1.54) is 6.07 Å². The Morgan fingerprint density at radius 2 is 2.13 bits per heavy atom. The topological polar surface area (TPSA) is 35.2 Å². The molecule has 0 fully saturated rings. The lowest BCUT2D eigenvalue weighted by atomic mass is 10.1. The normalized spacial score (nSPS) is 11.8. The molecule has 0 bridgehead atoms. The Morgan fingerprint density at radius 3 is 2.73 bits per heavy atom. The first-order valence-corrected chi connectivity index (χ1v) is 5.48. The molecular formula is C11H15BrFNO. The molecule has 15 heavy (non-hydrogen) atoms. The summed E-state index contributed by atoms with van der Waals surface area (Å²) in [5.41, 5.74) is 5.89. The van der Waals surface area contributed by atoms with Crippen molar-refractivity contribution >= 4 is 15.9 Å². The molecule has 0 aromatic heterocycles. The van der Waals surface area contributed by atoms with E-state index in [-0.39, 0.29) is 18.0 Å². The van der Waals surface area contributed by atoms with E-state index < -0.39 is 0 Å². The zero-order chi connectivity index (χ0) is 11.5. The molecule has 0 heterocycles. The van der Waals surface area contributed by atoms with Gasteiger partial charge in [-0.2, -0.15) is 0 Å². The number of hydrogen-bond donors (Lipinski definition) is 1. The predicted molar refractivity (Wildman–Crippen MR) is 62.0 cm³/mol. The zero-order valence-electron chi connectivity index (χ0n) is 8.89. The highest BCUT2D eigenvalue weighted by atomic mass is 79.9. The minimum atomic E-state index is -0.386. The molecule has 2 nitrogen and oxygen atoms in total. The SMILES string of the molecule is CC(C)(N)COCc1cc(Br)ccc1F. The van der Waals surface area contributed by atoms with Crippen molar-refractivity contribution in [3.63, 3.8) is 0 Å². The van der Waals surface area contributed by atoms with Crippen molar-refractivity contribution in [3.8, 4) is 0 Å². The number of ether oxygens (including phenoxy) is 1. The van der Waals surface area contributed by atoms with E-state index in [2.05, 4.69) is 15.9 Å². The molecule has 0 aliphatic heterocycles. The van der Waals surface area contributed by atoms with Gasteiger partial charge >= 0.3 is 0 Å². The average molecular weight is 276 g/mol. The molecule has 0 unspecified atom stereocenters. The van der Waals surface area contributed by atoms with Crippen molar-refractivity contribution in [1.29, 1.82) is 0 Å². The third kappa shape index (κ3) is 4.73. The first-order valence-electron chi connectivity index (χ1n) is 4.69. The van der Waals surface area contributed by atoms with E-state index in [0.717, 1.165) is 4.47 Å². The maximum Gasteiger partial charge on any atom is 0.128 e. The number of halogens is 2. The summed E-state index contributed by atoms with van der Waals surface area (Å²) in [5, 5.41) is 0. The third-order valence-electron chi connectivity index (χ3n) is 1.74. The van der Waals surface area contributed by atoms with Crippen LogP contribution in [-0.4, -0.2) is 12.1 Å². The molecule has 0 saturated heterocycles. The molecule has 0 aliphatic carbocycles. The summed E-state index contributed by atoms with van der Waals surface area (Å²) < 4.78 is 19.4. The highest BCUT2D eigenvalue weighted by molar-refractivity contribution is 9.10. The average Bonchev–Trinajstić information content (AvgIpc) is 2.09. The lowest BCUT2D eigenvalue weighted by Gasteiger charge is -2.18. The Labute approximate surface area is 97.7 Å². The molecule has 0 spiro atoms. The van der Waals surface area contributed by atoms with Crippen LogP contribution in [0.1, 0.15) is 19.4 Å². The fourth-order valence-corrected chi connectivity index (χ4v) is 1.49. The molecule has 1 rings (SSSR count). The predicted octanol–water partition coefficient (Wildman–Crippen LogP) is 2.84. The quantitative estimate of drug-likeness (QED) is 0.917. The van der Waals surface area contributed by atoms with Gasteiger partial charge in [-0.25, -0.2) is 4.39 Å². The van der Waals surface area contributed by atoms with Crippen LogP contribution < -0.4 is 5.73 Å². The maximum atomic E-state index is 13.3. The molecule has 4 heteroatoms. The number of nitrogens with two attached hydrogens (primary N) is 1. The molecule has 2 N–H and O–H groups in total. The second-order valence-electron chi connectivity index (χ2n) is 4.22. The van der Waals surface area contributed by atoms with Gasteiger partial charge in [0.05, 0.1) is 13.2 Å². The van der Waals surface area contributed by atoms with Crippen LogP contribution >= 0.6 is 15.9 Å². The van der Waals surface area contributed by atoms with Crippen molar-refractivity contribution in [2.24, 2.45) is 5.73 Å². The van der Waals surface area contributed by atoms with E-state index in [9.17, 15) is 4.39 Å². The maximum absolute atomic E-state index is 13.3. The fourth-order valence-electron chi connectivity index (χ4n) is 1.08. The second-order valence-corrected chi connectivity index (χ2v) is 5.13. The Morgan fingerprint density at radius 1 is 1.47 bits per heavy atom. The van der Waals surface area contributed by atoms with Crippen LogP contribution in [0.4, 0.5) is 4.39 Å². The van der Waals surface area contributed by atoms with Gasteiger partial charge in [-0.05, 0) is 32.0 Å². The number of hydrogen-bond acceptors (Lipinski definition) is 2. The minimum Gasteiger partial charge on any atom is -0.375 e. The zero-order valence-corrected chi connectivity index (χ0v) is 10.5. The van der Waals surface area contributed by atoms with Gasteiger partial charge in [0.25, 0.3) is 0 Å². The summed E-state index contributed by atoms with van der Waals surface area (Å²) in [4.78, 5) is 0. The smallest absolute Gasteiger partial charge is 0.128 e. The number of rotatable bonds is 4. The Hall–Kier alpha value is -0.450. The van der Waals surface area contributed by atoms with E-state index in [1.54, 1.807) is 12.1 Å². The summed E-state index contributed by atoms with van der Waals surface area (Å²) >= 11 is 3.28. The van der Waals surface area contributed by atoms with Crippen LogP contribution in [0.25, 0.3) is 0 Å². The Kier molecular flexibility index (Phi) is 4.25. The van der Waals surface area contributed by atoms with E-state index >= 15 is 0 Å². The van der Waals surface area contributed by atoms with E-state index in [4.69, 9.17) is 10.5 Å². The van der Waals surface area contributed by atoms with Crippen LogP contribution in [0.5, 0.6) is 0 Å². The van der Waals surface area contributed by atoms with Crippen LogP contribution in [0, 0.1) is 5.82 Å². The molecule has 1 aromatic carbocycles. The summed E-state index contributed by atoms with van der Waals surface area (Å²) in [6, 6.07) is 4.78. The molecule has 0 saturated carbocycles. The van der Waals surface area contributed by atoms with E-state index in [1.807, 2.05) is 13.8 Å². The van der Waals surface area contributed by atoms with Crippen LogP contribution in [0.2, 0.25) is 0 Å². The standard InChI is InChI=1S/C11H15BrFNO/c1-11(2,14)7-15-6-8-5-9(12)3-4-10(8)13/h3-5H,6-7,14H2,1-2H3. The molecular weight excluding hydrogens is 261 g/mol. The fraction of sp³-hybridized carbons (Fsp3) is 0.455. The van der Waals surface area contributed by atoms with Crippen molar-refractivity contribution in [3.05, 3.63) is 34.1 Å². The van der Waals surface area contributed by atoms with Gasteiger partial charge in [-0.15, -0.1) is 0 Å². The Bertz CT molecular complexity index is 336. The van der Waals surface area contributed by atoms with Crippen molar-refractivity contribution in [1.82, 2.24) is 0 Å². The first-order chi connectivity index (χ1) is 6.88.